The van der Waals surface area contributed by atoms with Crippen molar-refractivity contribution in [2.45, 2.75) is 6.04 Å². The van der Waals surface area contributed by atoms with Crippen LogP contribution in [0.5, 0.6) is 0 Å². The number of benzene rings is 2. The van der Waals surface area contributed by atoms with E-state index in [1.165, 1.54) is 0 Å². The first-order valence-corrected chi connectivity index (χ1v) is 7.14. The second kappa shape index (κ2) is 5.35. The zero-order valence-corrected chi connectivity index (χ0v) is 11.4. The lowest BCUT2D eigenvalue weighted by atomic mass is 10.0. The van der Waals surface area contributed by atoms with Gasteiger partial charge < -0.3 is 10.4 Å². The van der Waals surface area contributed by atoms with Gasteiger partial charge in [-0.25, -0.2) is 4.79 Å². The Morgan fingerprint density at radius 1 is 1.05 bits per heavy atom. The summed E-state index contributed by atoms with van der Waals surface area (Å²) in [5.74, 6) is -0.880. The summed E-state index contributed by atoms with van der Waals surface area (Å²) in [7, 11) is 0. The second-order valence-electron chi connectivity index (χ2n) is 4.47. The van der Waals surface area contributed by atoms with Crippen LogP contribution >= 0.6 is 11.3 Å². The molecule has 0 aliphatic rings. The molecule has 3 nitrogen and oxygen atoms in total. The summed E-state index contributed by atoms with van der Waals surface area (Å²) in [5.41, 5.74) is 1.60. The molecule has 0 amide bonds. The van der Waals surface area contributed by atoms with Gasteiger partial charge >= 0.3 is 5.97 Å². The van der Waals surface area contributed by atoms with Gasteiger partial charge in [-0.15, -0.1) is 11.3 Å². The zero-order chi connectivity index (χ0) is 13.9. The monoisotopic (exact) mass is 283 g/mol. The molecular formula is C16H13NO2S. The molecule has 2 aromatic carbocycles. The minimum atomic E-state index is -0.880. The van der Waals surface area contributed by atoms with E-state index in [1.54, 1.807) is 11.3 Å². The molecule has 0 bridgehead atoms. The van der Waals surface area contributed by atoms with Gasteiger partial charge in [0.1, 0.15) is 0 Å². The number of hydrogen-bond acceptors (Lipinski definition) is 3. The van der Waals surface area contributed by atoms with Gasteiger partial charge in [-0.05, 0) is 29.0 Å². The molecule has 4 heteroatoms. The van der Waals surface area contributed by atoms with E-state index in [0.717, 1.165) is 21.3 Å². The van der Waals surface area contributed by atoms with Crippen LogP contribution in [0, 0.1) is 0 Å². The highest BCUT2D eigenvalue weighted by molar-refractivity contribution is 7.17. The molecule has 0 saturated heterocycles. The van der Waals surface area contributed by atoms with E-state index in [1.807, 2.05) is 60.0 Å². The van der Waals surface area contributed by atoms with Gasteiger partial charge in [-0.2, -0.15) is 0 Å². The predicted molar refractivity (Wildman–Crippen MR) is 82.3 cm³/mol. The summed E-state index contributed by atoms with van der Waals surface area (Å²) in [6.45, 7) is 0. The number of thiophene rings is 1. The highest BCUT2D eigenvalue weighted by Gasteiger charge is 2.22. The minimum Gasteiger partial charge on any atom is -0.479 e. The van der Waals surface area contributed by atoms with Crippen molar-refractivity contribution >= 4 is 33.1 Å². The maximum atomic E-state index is 11.6. The maximum Gasteiger partial charge on any atom is 0.330 e. The summed E-state index contributed by atoms with van der Waals surface area (Å²) in [6.07, 6.45) is 0. The van der Waals surface area contributed by atoms with Crippen LogP contribution in [-0.4, -0.2) is 11.1 Å². The summed E-state index contributed by atoms with van der Waals surface area (Å²) < 4.78 is 1.02. The standard InChI is InChI=1S/C16H13NO2S/c18-16(19)14(17-12-6-2-1-3-7-12)13-8-4-5-11-9-10-20-15(11)13/h1-10,14,17H,(H,18,19). The SMILES string of the molecule is O=C(O)C(Nc1ccccc1)c1cccc2ccsc12. The number of carboxylic acids is 1. The van der Waals surface area contributed by atoms with Gasteiger partial charge in [0.15, 0.2) is 6.04 Å². The van der Waals surface area contributed by atoms with Crippen molar-refractivity contribution in [2.75, 3.05) is 5.32 Å². The van der Waals surface area contributed by atoms with Gasteiger partial charge in [-0.3, -0.25) is 0 Å². The molecule has 0 aliphatic heterocycles. The molecule has 2 N–H and O–H groups in total. The van der Waals surface area contributed by atoms with Crippen LogP contribution in [0.1, 0.15) is 11.6 Å². The summed E-state index contributed by atoms with van der Waals surface area (Å²) >= 11 is 1.57. The molecule has 1 aromatic heterocycles. The highest BCUT2D eigenvalue weighted by Crippen LogP contribution is 2.31. The van der Waals surface area contributed by atoms with Crippen molar-refractivity contribution in [2.24, 2.45) is 0 Å². The number of carboxylic acid groups (broad SMARTS) is 1. The van der Waals surface area contributed by atoms with E-state index >= 15 is 0 Å². The van der Waals surface area contributed by atoms with Crippen molar-refractivity contribution in [3.05, 3.63) is 65.5 Å². The number of carbonyl (C=O) groups is 1. The lowest BCUT2D eigenvalue weighted by Gasteiger charge is -2.17. The number of rotatable bonds is 4. The Balaban J connectivity index is 2.03. The second-order valence-corrected chi connectivity index (χ2v) is 5.38. The van der Waals surface area contributed by atoms with Gasteiger partial charge in [0.05, 0.1) is 0 Å². The third-order valence-corrected chi connectivity index (χ3v) is 4.13. The molecule has 1 unspecified atom stereocenters. The van der Waals surface area contributed by atoms with Crippen molar-refractivity contribution < 1.29 is 9.90 Å². The molecule has 0 fully saturated rings. The summed E-state index contributed by atoms with van der Waals surface area (Å²) in [6, 6.07) is 16.4. The predicted octanol–water partition coefficient (Wildman–Crippen LogP) is 4.14. The van der Waals surface area contributed by atoms with Gasteiger partial charge in [0, 0.05) is 16.0 Å². The molecule has 3 aromatic rings. The van der Waals surface area contributed by atoms with Crippen molar-refractivity contribution in [1.82, 2.24) is 0 Å². The molecule has 1 heterocycles. The molecule has 1 atom stereocenters. The number of para-hydroxylation sites is 1. The Morgan fingerprint density at radius 2 is 1.85 bits per heavy atom. The van der Waals surface area contributed by atoms with Crippen LogP contribution in [0.2, 0.25) is 0 Å². The number of fused-ring (bicyclic) bond motifs is 1. The number of aliphatic carboxylic acids is 1. The Kier molecular flexibility index (Phi) is 3.39. The molecule has 0 spiro atoms. The molecule has 100 valence electrons. The van der Waals surface area contributed by atoms with Crippen LogP contribution in [-0.2, 0) is 4.79 Å². The first kappa shape index (κ1) is 12.7. The third kappa shape index (κ3) is 2.38. The number of hydrogen-bond donors (Lipinski definition) is 2. The van der Waals surface area contributed by atoms with Crippen molar-refractivity contribution in [3.63, 3.8) is 0 Å². The Labute approximate surface area is 120 Å². The Hall–Kier alpha value is -2.33. The molecule has 0 saturated carbocycles. The van der Waals surface area contributed by atoms with Crippen LogP contribution in [0.3, 0.4) is 0 Å². The van der Waals surface area contributed by atoms with Crippen LogP contribution < -0.4 is 5.32 Å². The molecule has 3 rings (SSSR count). The molecule has 20 heavy (non-hydrogen) atoms. The quantitative estimate of drug-likeness (QED) is 0.756. The largest absolute Gasteiger partial charge is 0.479 e. The molecular weight excluding hydrogens is 270 g/mol. The van der Waals surface area contributed by atoms with E-state index in [0.29, 0.717) is 0 Å². The van der Waals surface area contributed by atoms with Crippen molar-refractivity contribution in [3.8, 4) is 0 Å². The topological polar surface area (TPSA) is 49.3 Å². The average Bonchev–Trinajstić information content (AvgIpc) is 2.94. The smallest absolute Gasteiger partial charge is 0.330 e. The Morgan fingerprint density at radius 3 is 2.60 bits per heavy atom. The van der Waals surface area contributed by atoms with Crippen LogP contribution in [0.25, 0.3) is 10.1 Å². The first-order chi connectivity index (χ1) is 9.75. The van der Waals surface area contributed by atoms with Crippen molar-refractivity contribution in [1.29, 1.82) is 0 Å². The van der Waals surface area contributed by atoms with Crippen LogP contribution in [0.4, 0.5) is 5.69 Å². The zero-order valence-electron chi connectivity index (χ0n) is 10.6. The normalized spacial score (nSPS) is 12.2. The summed E-state index contributed by atoms with van der Waals surface area (Å²) in [4.78, 5) is 11.6. The average molecular weight is 283 g/mol. The van der Waals surface area contributed by atoms with E-state index < -0.39 is 12.0 Å². The number of nitrogens with one attached hydrogen (secondary N) is 1. The van der Waals surface area contributed by atoms with E-state index in [4.69, 9.17) is 0 Å². The first-order valence-electron chi connectivity index (χ1n) is 6.26. The fourth-order valence-corrected chi connectivity index (χ4v) is 3.16. The summed E-state index contributed by atoms with van der Waals surface area (Å²) in [5, 5.41) is 15.7. The third-order valence-electron chi connectivity index (χ3n) is 3.15. The fraction of sp³-hybridized carbons (Fsp3) is 0.0625. The minimum absolute atomic E-state index is 0.750. The van der Waals surface area contributed by atoms with E-state index in [-0.39, 0.29) is 0 Å². The highest BCUT2D eigenvalue weighted by atomic mass is 32.1. The number of anilines is 1. The molecule has 0 radical (unpaired) electrons. The van der Waals surface area contributed by atoms with Gasteiger partial charge in [0.2, 0.25) is 0 Å². The van der Waals surface area contributed by atoms with E-state index in [9.17, 15) is 9.90 Å². The van der Waals surface area contributed by atoms with Gasteiger partial charge in [0.25, 0.3) is 0 Å². The molecule has 0 aliphatic carbocycles. The fourth-order valence-electron chi connectivity index (χ4n) is 2.22. The lowest BCUT2D eigenvalue weighted by Crippen LogP contribution is -2.20. The van der Waals surface area contributed by atoms with Crippen LogP contribution in [0.15, 0.2) is 60.0 Å². The lowest BCUT2D eigenvalue weighted by molar-refractivity contribution is -0.138. The maximum absolute atomic E-state index is 11.6. The van der Waals surface area contributed by atoms with E-state index in [2.05, 4.69) is 5.32 Å². The van der Waals surface area contributed by atoms with Gasteiger partial charge in [-0.1, -0.05) is 36.4 Å². The Bertz CT molecular complexity index is 736.